The van der Waals surface area contributed by atoms with Crippen LogP contribution in [0.25, 0.3) is 21.7 Å². The predicted octanol–water partition coefficient (Wildman–Crippen LogP) is 4.16. The number of rotatable bonds is 8. The van der Waals surface area contributed by atoms with Crippen molar-refractivity contribution >= 4 is 27.5 Å². The predicted molar refractivity (Wildman–Crippen MR) is 146 cm³/mol. The van der Waals surface area contributed by atoms with E-state index in [0.717, 1.165) is 17.4 Å². The first-order chi connectivity index (χ1) is 19.1. The number of thiophene rings is 1. The molecule has 1 saturated heterocycles. The fourth-order valence-corrected chi connectivity index (χ4v) is 6.08. The Balaban J connectivity index is 1.78. The summed E-state index contributed by atoms with van der Waals surface area (Å²) in [5, 5.41) is 19.9. The number of ether oxygens (including phenoxy) is 2. The maximum Gasteiger partial charge on any atom is 0.333 e. The number of hydrogen-bond acceptors (Lipinski definition) is 9. The zero-order valence-electron chi connectivity index (χ0n) is 22.2. The van der Waals surface area contributed by atoms with Crippen molar-refractivity contribution in [3.05, 3.63) is 73.6 Å². The van der Waals surface area contributed by atoms with Crippen molar-refractivity contribution in [1.29, 1.82) is 5.26 Å². The molecule has 0 amide bonds. The van der Waals surface area contributed by atoms with Crippen molar-refractivity contribution in [2.45, 2.75) is 64.5 Å². The summed E-state index contributed by atoms with van der Waals surface area (Å²) >= 11 is 1.20. The largest absolute Gasteiger partial charge is 0.480 e. The Bertz CT molecular complexity index is 1720. The van der Waals surface area contributed by atoms with E-state index in [2.05, 4.69) is 11.1 Å². The van der Waals surface area contributed by atoms with Crippen molar-refractivity contribution in [3.8, 4) is 17.5 Å². The third-order valence-electron chi connectivity index (χ3n) is 7.11. The third kappa shape index (κ3) is 4.77. The maximum atomic E-state index is 14.1. The minimum absolute atomic E-state index is 0.102. The van der Waals surface area contributed by atoms with Gasteiger partial charge in [0.15, 0.2) is 6.29 Å². The van der Waals surface area contributed by atoms with E-state index in [4.69, 9.17) is 13.9 Å². The molecule has 5 rings (SSSR count). The standard InChI is InChI=1S/C28H28N4O7S/c1-16-21(23-30-11-13-38-23)22-24(33)32(28(2,3)26(34)35)27(36)31(25(22)40-16)15-19(39-20-10-6-7-12-37-20)18-9-5-4-8-17(18)14-29/h4-5,8-9,11,13,19-20H,6-7,10,12,15H2,1-3H3,(H,34,35)/t19-,20?/m0/s1. The molecule has 1 unspecified atom stereocenters. The summed E-state index contributed by atoms with van der Waals surface area (Å²) in [6, 6.07) is 9.11. The van der Waals surface area contributed by atoms with Crippen LogP contribution in [0.15, 0.2) is 50.7 Å². The molecule has 4 aromatic rings. The Morgan fingerprint density at radius 2 is 2.10 bits per heavy atom. The van der Waals surface area contributed by atoms with E-state index in [0.29, 0.717) is 39.4 Å². The van der Waals surface area contributed by atoms with Crippen LogP contribution in [0.3, 0.4) is 0 Å². The number of nitrogens with zero attached hydrogens (tertiary/aromatic N) is 4. The molecule has 0 spiro atoms. The number of aromatic nitrogens is 3. The van der Waals surface area contributed by atoms with Gasteiger partial charge in [-0.25, -0.2) is 19.1 Å². The molecule has 2 atom stereocenters. The average Bonchev–Trinajstić information content (AvgIpc) is 3.58. The van der Waals surface area contributed by atoms with Crippen LogP contribution in [0.4, 0.5) is 0 Å². The second-order valence-electron chi connectivity index (χ2n) is 10.1. The third-order valence-corrected chi connectivity index (χ3v) is 8.24. The molecule has 208 valence electrons. The van der Waals surface area contributed by atoms with Crippen LogP contribution in [0, 0.1) is 18.3 Å². The number of aryl methyl sites for hydroxylation is 1. The molecule has 0 bridgehead atoms. The van der Waals surface area contributed by atoms with Crippen LogP contribution in [-0.4, -0.2) is 38.1 Å². The first-order valence-electron chi connectivity index (χ1n) is 12.8. The van der Waals surface area contributed by atoms with E-state index in [-0.39, 0.29) is 17.8 Å². The number of oxazole rings is 1. The smallest absolute Gasteiger partial charge is 0.333 e. The van der Waals surface area contributed by atoms with Gasteiger partial charge in [-0.05, 0) is 46.1 Å². The lowest BCUT2D eigenvalue weighted by molar-refractivity contribution is -0.192. The van der Waals surface area contributed by atoms with Gasteiger partial charge in [0.1, 0.15) is 22.7 Å². The Kier molecular flexibility index (Phi) is 7.46. The second kappa shape index (κ2) is 10.8. The highest BCUT2D eigenvalue weighted by atomic mass is 32.1. The van der Waals surface area contributed by atoms with Crippen molar-refractivity contribution in [3.63, 3.8) is 0 Å². The molecule has 4 heterocycles. The Morgan fingerprint density at radius 1 is 1.32 bits per heavy atom. The van der Waals surface area contributed by atoms with Crippen molar-refractivity contribution in [1.82, 2.24) is 14.1 Å². The van der Waals surface area contributed by atoms with Gasteiger partial charge in [0.05, 0.1) is 35.3 Å². The maximum absolute atomic E-state index is 14.1. The van der Waals surface area contributed by atoms with Crippen molar-refractivity contribution in [2.24, 2.45) is 0 Å². The summed E-state index contributed by atoms with van der Waals surface area (Å²) in [5.41, 5.74) is -2.12. The molecule has 11 nitrogen and oxygen atoms in total. The zero-order chi connectivity index (χ0) is 28.6. The second-order valence-corrected chi connectivity index (χ2v) is 11.3. The number of carbonyl (C=O) groups is 1. The van der Waals surface area contributed by atoms with Crippen LogP contribution in [0.2, 0.25) is 0 Å². The van der Waals surface area contributed by atoms with E-state index in [1.54, 1.807) is 31.2 Å². The Hall–Kier alpha value is -4.05. The molecule has 1 aliphatic rings. The fourth-order valence-electron chi connectivity index (χ4n) is 4.94. The van der Waals surface area contributed by atoms with Gasteiger partial charge in [-0.15, -0.1) is 11.3 Å². The molecule has 0 saturated carbocycles. The van der Waals surface area contributed by atoms with Crippen LogP contribution >= 0.6 is 11.3 Å². The lowest BCUT2D eigenvalue weighted by Crippen LogP contribution is -2.52. The summed E-state index contributed by atoms with van der Waals surface area (Å²) in [5.74, 6) is -1.16. The van der Waals surface area contributed by atoms with Crippen LogP contribution in [-0.2, 0) is 26.4 Å². The van der Waals surface area contributed by atoms with Crippen molar-refractivity contribution < 1.29 is 23.8 Å². The lowest BCUT2D eigenvalue weighted by Gasteiger charge is -2.29. The number of hydrogen-bond donors (Lipinski definition) is 1. The molecule has 3 aromatic heterocycles. The van der Waals surface area contributed by atoms with E-state index >= 15 is 0 Å². The minimum Gasteiger partial charge on any atom is -0.480 e. The number of benzene rings is 1. The van der Waals surface area contributed by atoms with Gasteiger partial charge in [0.2, 0.25) is 5.89 Å². The topological polar surface area (TPSA) is 150 Å². The van der Waals surface area contributed by atoms with Gasteiger partial charge < -0.3 is 19.0 Å². The molecule has 1 N–H and O–H groups in total. The zero-order valence-corrected chi connectivity index (χ0v) is 23.1. The average molecular weight is 565 g/mol. The first-order valence-corrected chi connectivity index (χ1v) is 13.7. The van der Waals surface area contributed by atoms with Crippen LogP contribution in [0.1, 0.15) is 55.2 Å². The van der Waals surface area contributed by atoms with Gasteiger partial charge in [0, 0.05) is 17.0 Å². The summed E-state index contributed by atoms with van der Waals surface area (Å²) in [6.07, 6.45) is 3.92. The summed E-state index contributed by atoms with van der Waals surface area (Å²) in [4.78, 5) is 45.4. The molecule has 0 radical (unpaired) electrons. The highest BCUT2D eigenvalue weighted by Gasteiger charge is 2.36. The van der Waals surface area contributed by atoms with E-state index in [9.17, 15) is 24.8 Å². The van der Waals surface area contributed by atoms with Gasteiger partial charge in [0.25, 0.3) is 5.56 Å². The Morgan fingerprint density at radius 3 is 2.75 bits per heavy atom. The normalized spacial score (nSPS) is 16.6. The van der Waals surface area contributed by atoms with Gasteiger partial charge in [-0.1, -0.05) is 18.2 Å². The molecule has 1 aromatic carbocycles. The van der Waals surface area contributed by atoms with Gasteiger partial charge >= 0.3 is 11.7 Å². The summed E-state index contributed by atoms with van der Waals surface area (Å²) in [6.45, 7) is 4.80. The number of nitriles is 1. The monoisotopic (exact) mass is 564 g/mol. The summed E-state index contributed by atoms with van der Waals surface area (Å²) in [7, 11) is 0. The molecule has 1 fully saturated rings. The van der Waals surface area contributed by atoms with Gasteiger partial charge in [-0.3, -0.25) is 9.36 Å². The minimum atomic E-state index is -1.87. The highest BCUT2D eigenvalue weighted by molar-refractivity contribution is 7.19. The molecule has 12 heteroatoms. The number of carboxylic acid groups (broad SMARTS) is 1. The summed E-state index contributed by atoms with van der Waals surface area (Å²) < 4.78 is 19.8. The van der Waals surface area contributed by atoms with E-state index in [1.807, 2.05) is 0 Å². The van der Waals surface area contributed by atoms with Crippen molar-refractivity contribution in [2.75, 3.05) is 6.61 Å². The fraction of sp³-hybridized carbons (Fsp3) is 0.393. The molecule has 0 aliphatic carbocycles. The number of carboxylic acids is 1. The van der Waals surface area contributed by atoms with Crippen LogP contribution < -0.4 is 11.2 Å². The highest BCUT2D eigenvalue weighted by Crippen LogP contribution is 2.37. The van der Waals surface area contributed by atoms with Gasteiger partial charge in [-0.2, -0.15) is 5.26 Å². The van der Waals surface area contributed by atoms with Crippen LogP contribution in [0.5, 0.6) is 0 Å². The van der Waals surface area contributed by atoms with E-state index in [1.165, 1.54) is 42.2 Å². The molecule has 1 aliphatic heterocycles. The number of fused-ring (bicyclic) bond motifs is 1. The molecular formula is C28H28N4O7S. The quantitative estimate of drug-likeness (QED) is 0.333. The van der Waals surface area contributed by atoms with E-state index < -0.39 is 35.2 Å². The molecule has 40 heavy (non-hydrogen) atoms. The SMILES string of the molecule is Cc1sc2c(c1-c1ncco1)c(=O)n(C(C)(C)C(=O)O)c(=O)n2C[C@H](OC1CCCCO1)c1ccccc1C#N. The first kappa shape index (κ1) is 27.5. The Labute approximate surface area is 232 Å². The molecular weight excluding hydrogens is 536 g/mol. The number of aliphatic carboxylic acids is 1. The lowest BCUT2D eigenvalue weighted by atomic mass is 10.0.